The van der Waals surface area contributed by atoms with E-state index in [9.17, 15) is 13.2 Å². The number of hydrogen-bond donors (Lipinski definition) is 0. The van der Waals surface area contributed by atoms with E-state index in [1.165, 1.54) is 19.1 Å². The van der Waals surface area contributed by atoms with Gasteiger partial charge in [0.1, 0.15) is 0 Å². The minimum absolute atomic E-state index is 0.0930. The Balaban J connectivity index is 2.32. The van der Waals surface area contributed by atoms with Gasteiger partial charge in [-0.3, -0.25) is 0 Å². The number of halogens is 4. The van der Waals surface area contributed by atoms with Crippen LogP contribution in [0.4, 0.5) is 13.2 Å². The summed E-state index contributed by atoms with van der Waals surface area (Å²) in [6.45, 7) is 3.36. The van der Waals surface area contributed by atoms with E-state index in [2.05, 4.69) is 5.16 Å². The van der Waals surface area contributed by atoms with Crippen LogP contribution in [-0.2, 0) is 6.18 Å². The van der Waals surface area contributed by atoms with E-state index in [0.717, 1.165) is 11.6 Å². The first-order valence-electron chi connectivity index (χ1n) is 6.43. The largest absolute Gasteiger partial charge is 0.417 e. The molecule has 0 aliphatic rings. The van der Waals surface area contributed by atoms with Crippen LogP contribution in [0.25, 0.3) is 0 Å². The zero-order valence-electron chi connectivity index (χ0n) is 11.9. The molecule has 22 heavy (non-hydrogen) atoms. The van der Waals surface area contributed by atoms with Crippen molar-refractivity contribution in [1.82, 2.24) is 0 Å². The van der Waals surface area contributed by atoms with Gasteiger partial charge in [0, 0.05) is 10.6 Å². The lowest BCUT2D eigenvalue weighted by molar-refractivity contribution is -0.137. The van der Waals surface area contributed by atoms with Gasteiger partial charge in [0.2, 0.25) is 0 Å². The van der Waals surface area contributed by atoms with Crippen molar-refractivity contribution in [2.75, 3.05) is 0 Å². The number of oxime groups is 1. The summed E-state index contributed by atoms with van der Waals surface area (Å²) in [5, 5.41) is 3.97. The Morgan fingerprint density at radius 1 is 1.09 bits per heavy atom. The van der Waals surface area contributed by atoms with Crippen molar-refractivity contribution in [1.29, 1.82) is 0 Å². The second-order valence-corrected chi connectivity index (χ2v) is 5.21. The first-order chi connectivity index (χ1) is 10.3. The van der Waals surface area contributed by atoms with Gasteiger partial charge in [0.25, 0.3) is 0 Å². The third-order valence-electron chi connectivity index (χ3n) is 2.99. The van der Waals surface area contributed by atoms with Crippen LogP contribution in [0.2, 0.25) is 5.02 Å². The fourth-order valence-electron chi connectivity index (χ4n) is 1.83. The van der Waals surface area contributed by atoms with E-state index in [1.54, 1.807) is 12.1 Å². The highest BCUT2D eigenvalue weighted by atomic mass is 35.5. The molecular formula is C16H13ClF3NO. The molecule has 0 fully saturated rings. The number of benzene rings is 2. The molecule has 2 aromatic rings. The van der Waals surface area contributed by atoms with Crippen LogP contribution >= 0.6 is 11.6 Å². The lowest BCUT2D eigenvalue weighted by Gasteiger charge is -2.12. The van der Waals surface area contributed by atoms with Crippen molar-refractivity contribution < 1.29 is 18.0 Å². The zero-order valence-corrected chi connectivity index (χ0v) is 12.7. The molecule has 2 aromatic carbocycles. The van der Waals surface area contributed by atoms with Gasteiger partial charge in [0.15, 0.2) is 5.75 Å². The van der Waals surface area contributed by atoms with Crippen LogP contribution in [0.15, 0.2) is 47.6 Å². The maximum absolute atomic E-state index is 13.0. The van der Waals surface area contributed by atoms with Crippen LogP contribution in [-0.4, -0.2) is 5.71 Å². The van der Waals surface area contributed by atoms with Crippen molar-refractivity contribution in [2.24, 2.45) is 5.16 Å². The molecule has 0 saturated carbocycles. The Kier molecular flexibility index (Phi) is 4.76. The molecule has 2 nitrogen and oxygen atoms in total. The lowest BCUT2D eigenvalue weighted by atomic mass is 10.0. The molecule has 0 N–H and O–H groups in total. The lowest BCUT2D eigenvalue weighted by Crippen LogP contribution is -2.12. The van der Waals surface area contributed by atoms with Gasteiger partial charge in [-0.05, 0) is 44.2 Å². The molecule has 0 bridgehead atoms. The Labute approximate surface area is 131 Å². The summed E-state index contributed by atoms with van der Waals surface area (Å²) in [5.74, 6) is 0.445. The number of rotatable bonds is 3. The van der Waals surface area contributed by atoms with Gasteiger partial charge in [-0.1, -0.05) is 34.5 Å². The number of hydrogen-bond acceptors (Lipinski definition) is 2. The van der Waals surface area contributed by atoms with Crippen molar-refractivity contribution in [3.05, 3.63) is 64.2 Å². The molecule has 0 atom stereocenters. The summed E-state index contributed by atoms with van der Waals surface area (Å²) < 4.78 is 39.0. The molecule has 0 aromatic heterocycles. The first-order valence-corrected chi connectivity index (χ1v) is 6.80. The third-order valence-corrected chi connectivity index (χ3v) is 3.22. The summed E-state index contributed by atoms with van der Waals surface area (Å²) in [6, 6.07) is 10.4. The van der Waals surface area contributed by atoms with Gasteiger partial charge in [-0.25, -0.2) is 0 Å². The molecule has 0 aliphatic carbocycles. The Morgan fingerprint density at radius 3 is 2.32 bits per heavy atom. The quantitative estimate of drug-likeness (QED) is 0.541. The smallest absolute Gasteiger partial charge is 0.357 e. The van der Waals surface area contributed by atoms with Crippen molar-refractivity contribution in [3.63, 3.8) is 0 Å². The van der Waals surface area contributed by atoms with E-state index < -0.39 is 11.7 Å². The van der Waals surface area contributed by atoms with Crippen molar-refractivity contribution in [3.8, 4) is 5.75 Å². The molecule has 0 unspecified atom stereocenters. The Bertz CT molecular complexity index is 694. The zero-order chi connectivity index (χ0) is 16.3. The molecule has 0 saturated heterocycles. The summed E-state index contributed by atoms with van der Waals surface area (Å²) in [5.41, 5.74) is 0.232. The third kappa shape index (κ3) is 4.01. The number of alkyl halides is 3. The molecule has 0 amide bonds. The standard InChI is InChI=1S/C16H13ClF3NO/c1-10-3-6-13(7-4-10)22-21-11(2)14-9-12(17)5-8-15(14)16(18,19)20/h3-9H,1-2H3/b21-11-. The van der Waals surface area contributed by atoms with E-state index in [4.69, 9.17) is 16.4 Å². The molecule has 0 aliphatic heterocycles. The molecule has 116 valence electrons. The average molecular weight is 328 g/mol. The highest BCUT2D eigenvalue weighted by Gasteiger charge is 2.34. The van der Waals surface area contributed by atoms with Gasteiger partial charge >= 0.3 is 6.18 Å². The molecule has 6 heteroatoms. The normalized spacial score (nSPS) is 12.4. The van der Waals surface area contributed by atoms with Gasteiger partial charge < -0.3 is 4.84 Å². The minimum Gasteiger partial charge on any atom is -0.357 e. The highest BCUT2D eigenvalue weighted by Crippen LogP contribution is 2.33. The fraction of sp³-hybridized carbons (Fsp3) is 0.188. The Hall–Kier alpha value is -2.01. The van der Waals surface area contributed by atoms with Crippen LogP contribution < -0.4 is 4.84 Å². The molecule has 0 radical (unpaired) electrons. The second-order valence-electron chi connectivity index (χ2n) is 4.77. The van der Waals surface area contributed by atoms with Gasteiger partial charge in [0.05, 0.1) is 11.3 Å². The topological polar surface area (TPSA) is 21.6 Å². The van der Waals surface area contributed by atoms with E-state index >= 15 is 0 Å². The van der Waals surface area contributed by atoms with Crippen LogP contribution in [0.1, 0.15) is 23.6 Å². The fourth-order valence-corrected chi connectivity index (χ4v) is 2.00. The van der Waals surface area contributed by atoms with Crippen molar-refractivity contribution in [2.45, 2.75) is 20.0 Å². The van der Waals surface area contributed by atoms with Gasteiger partial charge in [-0.15, -0.1) is 0 Å². The average Bonchev–Trinajstić information content (AvgIpc) is 2.45. The molecule has 2 rings (SSSR count). The second kappa shape index (κ2) is 6.40. The monoisotopic (exact) mass is 327 g/mol. The van der Waals surface area contributed by atoms with Crippen LogP contribution in [0.3, 0.4) is 0 Å². The van der Waals surface area contributed by atoms with Gasteiger partial charge in [-0.2, -0.15) is 13.2 Å². The van der Waals surface area contributed by atoms with E-state index in [1.807, 2.05) is 19.1 Å². The molecule has 0 heterocycles. The Morgan fingerprint density at radius 2 is 1.73 bits per heavy atom. The first kappa shape index (κ1) is 16.4. The summed E-state index contributed by atoms with van der Waals surface area (Å²) in [7, 11) is 0. The van der Waals surface area contributed by atoms with E-state index in [-0.39, 0.29) is 16.3 Å². The minimum atomic E-state index is -4.49. The summed E-state index contributed by atoms with van der Waals surface area (Å²) in [6.07, 6.45) is -4.49. The molecular weight excluding hydrogens is 315 g/mol. The summed E-state index contributed by atoms with van der Waals surface area (Å²) in [4.78, 5) is 5.16. The van der Waals surface area contributed by atoms with Crippen LogP contribution in [0.5, 0.6) is 5.75 Å². The maximum atomic E-state index is 13.0. The van der Waals surface area contributed by atoms with Crippen LogP contribution in [0, 0.1) is 6.92 Å². The van der Waals surface area contributed by atoms with Crippen molar-refractivity contribution >= 4 is 17.3 Å². The number of nitrogens with zero attached hydrogens (tertiary/aromatic N) is 1. The molecule has 0 spiro atoms. The predicted molar refractivity (Wildman–Crippen MR) is 80.5 cm³/mol. The van der Waals surface area contributed by atoms with E-state index in [0.29, 0.717) is 5.75 Å². The summed E-state index contributed by atoms with van der Waals surface area (Å²) >= 11 is 5.78. The predicted octanol–water partition coefficient (Wildman–Crippen LogP) is 5.47. The highest BCUT2D eigenvalue weighted by molar-refractivity contribution is 6.31. The number of aryl methyl sites for hydroxylation is 1. The SMILES string of the molecule is C/C(=N/Oc1ccc(C)cc1)c1cc(Cl)ccc1C(F)(F)F. The maximum Gasteiger partial charge on any atom is 0.417 e.